The summed E-state index contributed by atoms with van der Waals surface area (Å²) in [5.41, 5.74) is 3.03. The van der Waals surface area contributed by atoms with Crippen molar-refractivity contribution in [2.24, 2.45) is 0 Å². The Morgan fingerprint density at radius 3 is 2.31 bits per heavy atom. The normalized spacial score (nSPS) is 18.4. The largest absolute Gasteiger partial charge is 0.596 e. The molecule has 2 N–H and O–H groups in total. The Morgan fingerprint density at radius 1 is 1.17 bits per heavy atom. The summed E-state index contributed by atoms with van der Waals surface area (Å²) in [6.07, 6.45) is 4.05. The van der Waals surface area contributed by atoms with Crippen molar-refractivity contribution in [2.45, 2.75) is 90.0 Å². The van der Waals surface area contributed by atoms with Crippen LogP contribution in [0.15, 0.2) is 30.5 Å². The first kappa shape index (κ1) is 38.1. The minimum absolute atomic E-state index is 0. The molecule has 2 fully saturated rings. The molecule has 1 unspecified atom stereocenters. The molecule has 1 atom stereocenters. The van der Waals surface area contributed by atoms with E-state index >= 15 is 0 Å². The third-order valence-electron chi connectivity index (χ3n) is 7.95. The molecule has 1 radical (unpaired) electrons. The first-order valence-electron chi connectivity index (χ1n) is 15.9. The molecule has 2 aromatic rings. The second-order valence-corrected chi connectivity index (χ2v) is 16.4. The number of pyridine rings is 1. The number of benzene rings is 1. The van der Waals surface area contributed by atoms with E-state index in [1.54, 1.807) is 30.2 Å². The quantitative estimate of drug-likeness (QED) is 0.267. The monoisotopic (exact) mass is 931 g/mol. The van der Waals surface area contributed by atoms with Crippen LogP contribution in [0.3, 0.4) is 0 Å². The van der Waals surface area contributed by atoms with Crippen LogP contribution >= 0.6 is 0 Å². The number of aromatic nitrogens is 1. The molecule has 2 aliphatic heterocycles. The minimum Gasteiger partial charge on any atom is -0.551 e. The Morgan fingerprint density at radius 2 is 1.83 bits per heavy atom. The Hall–Kier alpha value is -4.32. The molecular weight excluding hydrogens is 882 g/mol. The number of rotatable bonds is 8. The average molecular weight is 932 g/mol. The molecule has 3 aliphatic rings. The molecule has 11 nitrogen and oxygen atoms in total. The van der Waals surface area contributed by atoms with Crippen LogP contribution in [0.2, 0.25) is 0 Å². The molecule has 5 rings (SSSR count). The van der Waals surface area contributed by atoms with Gasteiger partial charge in [0.1, 0.15) is 16.9 Å². The van der Waals surface area contributed by atoms with Gasteiger partial charge < -0.3 is 24.2 Å². The predicted octanol–water partition coefficient (Wildman–Crippen LogP) is 5.33. The van der Waals surface area contributed by atoms with E-state index in [2.05, 4.69) is 22.8 Å². The van der Waals surface area contributed by atoms with Crippen LogP contribution in [0, 0.1) is 20.6 Å². The van der Waals surface area contributed by atoms with Gasteiger partial charge in [-0.15, -0.1) is 10.6 Å². The maximum absolute atomic E-state index is 12.9. The van der Waals surface area contributed by atoms with Gasteiger partial charge >= 0.3 is 12.1 Å². The molecule has 1 aromatic carbocycles. The maximum Gasteiger partial charge on any atom is 0.596 e. The summed E-state index contributed by atoms with van der Waals surface area (Å²) in [6, 6.07) is 7.28. The number of aromatic carboxylic acids is 1. The van der Waals surface area contributed by atoms with E-state index in [9.17, 15) is 18.9 Å². The van der Waals surface area contributed by atoms with Gasteiger partial charge in [-0.25, -0.2) is 13.7 Å². The molecule has 0 spiro atoms. The van der Waals surface area contributed by atoms with E-state index in [0.29, 0.717) is 35.0 Å². The van der Waals surface area contributed by atoms with Gasteiger partial charge in [0.05, 0.1) is 41.1 Å². The van der Waals surface area contributed by atoms with Gasteiger partial charge in [0, 0.05) is 25.2 Å². The predicted molar refractivity (Wildman–Crippen MR) is 181 cm³/mol. The van der Waals surface area contributed by atoms with Gasteiger partial charge in [-0.05, 0) is 97.1 Å². The molecule has 1 saturated heterocycles. The summed E-state index contributed by atoms with van der Waals surface area (Å²) in [7, 11) is 2.47. The molecule has 1 saturated carbocycles. The van der Waals surface area contributed by atoms with E-state index in [0.717, 1.165) is 18.8 Å². The number of ether oxygens (including phenoxy) is 3. The van der Waals surface area contributed by atoms with Gasteiger partial charge in [-0.1, -0.05) is 5.69 Å². The summed E-state index contributed by atoms with van der Waals surface area (Å²) in [4.78, 5) is 30.0. The van der Waals surface area contributed by atoms with E-state index in [4.69, 9.17) is 14.2 Å². The van der Waals surface area contributed by atoms with E-state index < -0.39 is 32.8 Å². The van der Waals surface area contributed by atoms with Gasteiger partial charge in [0.25, 0.3) is 0 Å². The topological polar surface area (TPSA) is 130 Å². The molecular formula is C35H49LrN4O7S-. The summed E-state index contributed by atoms with van der Waals surface area (Å²) < 4.78 is 34.1. The summed E-state index contributed by atoms with van der Waals surface area (Å²) in [6.45, 7) is 19.2. The smallest absolute Gasteiger partial charge is 0.551 e. The van der Waals surface area contributed by atoms with Crippen molar-refractivity contribution in [2.75, 3.05) is 32.8 Å². The molecule has 1 aliphatic carbocycles. The summed E-state index contributed by atoms with van der Waals surface area (Å²) in [5.74, 6) is 0.0924. The molecule has 273 valence electrons. The number of carboxylic acids is 1. The van der Waals surface area contributed by atoms with Crippen molar-refractivity contribution in [1.29, 1.82) is 0 Å². The molecule has 0 bridgehead atoms. The fourth-order valence-electron chi connectivity index (χ4n) is 5.04. The molecule has 3 heterocycles. The second-order valence-electron chi connectivity index (χ2n) is 14.5. The van der Waals surface area contributed by atoms with Crippen LogP contribution in [-0.4, -0.2) is 84.7 Å². The number of carbonyl (C=O) groups excluding carboxylic acids is 1. The Bertz CT molecular complexity index is 1530. The number of hydrogen-bond donors (Lipinski definition) is 2. The van der Waals surface area contributed by atoms with Crippen molar-refractivity contribution in [1.82, 2.24) is 14.6 Å². The van der Waals surface area contributed by atoms with Crippen molar-refractivity contribution in [3.05, 3.63) is 72.1 Å². The third kappa shape index (κ3) is 9.62. The second kappa shape index (κ2) is 14.8. The van der Waals surface area contributed by atoms with Gasteiger partial charge in [0.2, 0.25) is 0 Å². The van der Waals surface area contributed by atoms with Crippen LogP contribution < -0.4 is 9.46 Å². The van der Waals surface area contributed by atoms with Crippen molar-refractivity contribution < 1.29 is 37.7 Å². The van der Waals surface area contributed by atoms with Gasteiger partial charge in [0.15, 0.2) is 12.3 Å². The zero-order valence-corrected chi connectivity index (χ0v) is 32.1. The SMILES string of the molecule is Cc1cc(O[CH-]c2ccc(C3CC3)cn2)c(C2(NS(=O)C(C)(C)C)COC2)cc1C(=O)O.[CH2-]N1CC[N+](C(=O)OC(C)(C)C)=C(C)C1.[Lr]. The number of amides is 1. The van der Waals surface area contributed by atoms with Crippen molar-refractivity contribution in [3.8, 4) is 5.75 Å². The zero-order valence-electron chi connectivity index (χ0n) is 29.1. The number of nitrogens with zero attached hydrogens (tertiary/aromatic N) is 3. The molecule has 48 heavy (non-hydrogen) atoms. The fourth-order valence-corrected chi connectivity index (χ4v) is 5.93. The standard InChI is InChI=1S/C24H29N2O5S.C11H20N2O2.Lr/c1-15-9-21(31-12-18-8-7-17(11-25-18)16-5-6-16)20(10-19(15)22(27)28)24(13-30-14-24)26-32(29)23(2,3)4;1-9-8-12(5)6-7-13(9)10(14)15-11(2,3)4;/h7-12,16,26H,5-6,13-14H2,1-4H3,(H,27,28);5-8H2,1-4H3;/q-1;;. The van der Waals surface area contributed by atoms with Crippen LogP contribution in [0.5, 0.6) is 5.75 Å². The Labute approximate surface area is 281 Å². The Balaban J connectivity index is 0.000000330. The number of carboxylic acid groups (broad SMARTS) is 1. The summed E-state index contributed by atoms with van der Waals surface area (Å²) in [5, 5.41) is 9.66. The molecule has 1 amide bonds. The molecule has 13 heteroatoms. The number of carbonyl (C=O) groups is 2. The van der Waals surface area contributed by atoms with Crippen LogP contribution in [0.25, 0.3) is 0 Å². The van der Waals surface area contributed by atoms with E-state index in [1.807, 2.05) is 65.6 Å². The van der Waals surface area contributed by atoms with E-state index in [-0.39, 0.29) is 24.9 Å². The van der Waals surface area contributed by atoms with Gasteiger partial charge in [-0.2, -0.15) is 10.9 Å². The van der Waals surface area contributed by atoms with E-state index in [1.165, 1.54) is 18.4 Å². The zero-order chi connectivity index (χ0) is 34.7. The van der Waals surface area contributed by atoms with Crippen molar-refractivity contribution in [3.63, 3.8) is 0 Å². The fraction of sp³-hybridized carbons (Fsp3) is 0.543. The molecule has 1 aromatic heterocycles. The first-order valence-corrected chi connectivity index (χ1v) is 17.0. The number of nitrogens with one attached hydrogen (secondary N) is 1. The van der Waals surface area contributed by atoms with Crippen LogP contribution in [0.4, 0.5) is 4.79 Å². The first-order chi connectivity index (χ1) is 21.9. The van der Waals surface area contributed by atoms with Crippen molar-refractivity contribution >= 4 is 28.8 Å². The minimum atomic E-state index is -1.38. The summed E-state index contributed by atoms with van der Waals surface area (Å²) >= 11 is 0. The van der Waals surface area contributed by atoms with Crippen LogP contribution in [-0.2, 0) is 26.0 Å². The van der Waals surface area contributed by atoms with Crippen LogP contribution in [0.1, 0.15) is 100.0 Å². The van der Waals surface area contributed by atoms with Gasteiger partial charge in [-0.3, -0.25) is 12.0 Å². The number of hydrogen-bond acceptors (Lipinski definition) is 8. The average Bonchev–Trinajstić information content (AvgIpc) is 3.79. The third-order valence-corrected chi connectivity index (χ3v) is 9.63. The number of aryl methyl sites for hydroxylation is 1. The Kier molecular flexibility index (Phi) is 11.8. The maximum atomic E-state index is 12.9.